The molecule has 0 aromatic carbocycles. The Kier molecular flexibility index (Phi) is 6.52. The van der Waals surface area contributed by atoms with E-state index in [-0.39, 0.29) is 11.9 Å². The molecule has 0 aliphatic carbocycles. The Morgan fingerprint density at radius 2 is 1.91 bits per heavy atom. The van der Waals surface area contributed by atoms with Crippen LogP contribution in [0.1, 0.15) is 41.0 Å². The van der Waals surface area contributed by atoms with Crippen molar-refractivity contribution < 1.29 is 18.0 Å². The standard InChI is InChI=1S/C23H23F3N6O/c1-15-6-8-18(21-27-10-4-11-28-21)20(31-15)22(33)32-12-3-2-5-17(32)14-30-19-9-7-16(13-29-19)23(24,25)26/h4,6-11,13,17H,2-3,5,12,14H2,1H3,(H,29,30). The van der Waals surface area contributed by atoms with Crippen LogP contribution >= 0.6 is 0 Å². The fourth-order valence-electron chi connectivity index (χ4n) is 3.84. The third-order valence-corrected chi connectivity index (χ3v) is 5.54. The molecule has 1 fully saturated rings. The minimum Gasteiger partial charge on any atom is -0.368 e. The number of rotatable bonds is 5. The zero-order valence-corrected chi connectivity index (χ0v) is 18.0. The maximum atomic E-state index is 13.6. The quantitative estimate of drug-likeness (QED) is 0.614. The number of halogens is 3. The molecule has 1 unspecified atom stereocenters. The third kappa shape index (κ3) is 5.27. The van der Waals surface area contributed by atoms with Crippen LogP contribution in [0.4, 0.5) is 19.0 Å². The fourth-order valence-corrected chi connectivity index (χ4v) is 3.84. The van der Waals surface area contributed by atoms with Gasteiger partial charge in [0.25, 0.3) is 5.91 Å². The monoisotopic (exact) mass is 456 g/mol. The first-order chi connectivity index (χ1) is 15.8. The molecule has 1 aliphatic heterocycles. The molecule has 4 heterocycles. The molecule has 3 aromatic heterocycles. The van der Waals surface area contributed by atoms with Gasteiger partial charge < -0.3 is 10.2 Å². The number of nitrogens with one attached hydrogen (secondary N) is 1. The zero-order valence-electron chi connectivity index (χ0n) is 18.0. The number of piperidine rings is 1. The Hall–Kier alpha value is -3.56. The summed E-state index contributed by atoms with van der Waals surface area (Å²) in [7, 11) is 0. The van der Waals surface area contributed by atoms with E-state index in [2.05, 4.69) is 25.3 Å². The van der Waals surface area contributed by atoms with Crippen LogP contribution in [0.25, 0.3) is 11.4 Å². The first-order valence-corrected chi connectivity index (χ1v) is 10.7. The van der Waals surface area contributed by atoms with Crippen LogP contribution in [-0.4, -0.2) is 49.9 Å². The molecule has 172 valence electrons. The number of nitrogens with zero attached hydrogens (tertiary/aromatic N) is 5. The summed E-state index contributed by atoms with van der Waals surface area (Å²) in [5.41, 5.74) is 0.760. The van der Waals surface area contributed by atoms with Crippen molar-refractivity contribution in [3.05, 3.63) is 65.9 Å². The Bertz CT molecular complexity index is 1110. The number of alkyl halides is 3. The second-order valence-corrected chi connectivity index (χ2v) is 7.88. The predicted octanol–water partition coefficient (Wildman–Crippen LogP) is 4.37. The summed E-state index contributed by atoms with van der Waals surface area (Å²) in [5.74, 6) is 0.537. The molecule has 7 nitrogen and oxygen atoms in total. The number of carbonyl (C=O) groups is 1. The second kappa shape index (κ2) is 9.51. The van der Waals surface area contributed by atoms with Gasteiger partial charge >= 0.3 is 6.18 Å². The van der Waals surface area contributed by atoms with Crippen LogP contribution < -0.4 is 5.32 Å². The Morgan fingerprint density at radius 1 is 1.12 bits per heavy atom. The molecular formula is C23H23F3N6O. The van der Waals surface area contributed by atoms with Gasteiger partial charge in [0, 0.05) is 43.4 Å². The van der Waals surface area contributed by atoms with Crippen molar-refractivity contribution in [2.45, 2.75) is 38.4 Å². The van der Waals surface area contributed by atoms with Crippen molar-refractivity contribution in [3.8, 4) is 11.4 Å². The van der Waals surface area contributed by atoms with Gasteiger partial charge in [0.1, 0.15) is 11.5 Å². The van der Waals surface area contributed by atoms with Gasteiger partial charge in [-0.05, 0) is 56.5 Å². The summed E-state index contributed by atoms with van der Waals surface area (Å²) in [6.07, 6.45) is 2.18. The molecule has 4 rings (SSSR count). The lowest BCUT2D eigenvalue weighted by Crippen LogP contribution is -2.47. The largest absolute Gasteiger partial charge is 0.417 e. The normalized spacial score (nSPS) is 16.5. The summed E-state index contributed by atoms with van der Waals surface area (Å²) in [5, 5.41) is 3.07. The van der Waals surface area contributed by atoms with Gasteiger partial charge in [-0.25, -0.2) is 19.9 Å². The van der Waals surface area contributed by atoms with Crippen molar-refractivity contribution >= 4 is 11.7 Å². The van der Waals surface area contributed by atoms with Gasteiger partial charge in [-0.3, -0.25) is 4.79 Å². The predicted molar refractivity (Wildman–Crippen MR) is 116 cm³/mol. The Labute approximate surface area is 189 Å². The fraction of sp³-hybridized carbons (Fsp3) is 0.348. The third-order valence-electron chi connectivity index (χ3n) is 5.54. The van der Waals surface area contributed by atoms with Crippen LogP contribution in [0.15, 0.2) is 48.9 Å². The summed E-state index contributed by atoms with van der Waals surface area (Å²) in [4.78, 5) is 32.2. The average molecular weight is 456 g/mol. The highest BCUT2D eigenvalue weighted by Crippen LogP contribution is 2.29. The number of hydrogen-bond acceptors (Lipinski definition) is 6. The van der Waals surface area contributed by atoms with Crippen molar-refractivity contribution in [2.24, 2.45) is 0 Å². The molecule has 0 spiro atoms. The van der Waals surface area contributed by atoms with E-state index < -0.39 is 11.7 Å². The number of aromatic nitrogens is 4. The van der Waals surface area contributed by atoms with Crippen molar-refractivity contribution in [3.63, 3.8) is 0 Å². The molecule has 1 atom stereocenters. The van der Waals surface area contributed by atoms with Crippen molar-refractivity contribution in [1.82, 2.24) is 24.8 Å². The highest BCUT2D eigenvalue weighted by atomic mass is 19.4. The van der Waals surface area contributed by atoms with E-state index in [9.17, 15) is 18.0 Å². The van der Waals surface area contributed by atoms with Crippen LogP contribution in [0.3, 0.4) is 0 Å². The van der Waals surface area contributed by atoms with Crippen LogP contribution in [0.5, 0.6) is 0 Å². The highest BCUT2D eigenvalue weighted by molar-refractivity contribution is 5.98. The molecule has 0 radical (unpaired) electrons. The molecule has 0 bridgehead atoms. The first kappa shape index (κ1) is 22.6. The van der Waals surface area contributed by atoms with E-state index in [0.29, 0.717) is 41.7 Å². The maximum Gasteiger partial charge on any atom is 0.417 e. The van der Waals surface area contributed by atoms with E-state index in [1.807, 2.05) is 13.0 Å². The Balaban J connectivity index is 1.53. The van der Waals surface area contributed by atoms with E-state index in [1.165, 1.54) is 6.07 Å². The second-order valence-electron chi connectivity index (χ2n) is 7.88. The first-order valence-electron chi connectivity index (χ1n) is 10.7. The summed E-state index contributed by atoms with van der Waals surface area (Å²) >= 11 is 0. The van der Waals surface area contributed by atoms with Gasteiger partial charge in [-0.15, -0.1) is 0 Å². The van der Waals surface area contributed by atoms with Crippen LogP contribution in [0.2, 0.25) is 0 Å². The topological polar surface area (TPSA) is 83.9 Å². The number of pyridine rings is 2. The molecule has 1 amide bonds. The smallest absolute Gasteiger partial charge is 0.368 e. The number of anilines is 1. The van der Waals surface area contributed by atoms with E-state index >= 15 is 0 Å². The van der Waals surface area contributed by atoms with Crippen LogP contribution in [0, 0.1) is 6.92 Å². The van der Waals surface area contributed by atoms with Crippen molar-refractivity contribution in [2.75, 3.05) is 18.4 Å². The summed E-state index contributed by atoms with van der Waals surface area (Å²) in [6, 6.07) is 7.45. The van der Waals surface area contributed by atoms with Gasteiger partial charge in [-0.1, -0.05) is 0 Å². The maximum absolute atomic E-state index is 13.6. The minimum absolute atomic E-state index is 0.151. The van der Waals surface area contributed by atoms with E-state index in [4.69, 9.17) is 0 Å². The molecular weight excluding hydrogens is 433 g/mol. The lowest BCUT2D eigenvalue weighted by atomic mass is 10.0. The zero-order chi connectivity index (χ0) is 23.4. The minimum atomic E-state index is -4.43. The number of aryl methyl sites for hydroxylation is 1. The van der Waals surface area contributed by atoms with E-state index in [0.717, 1.165) is 31.5 Å². The molecule has 3 aromatic rings. The lowest BCUT2D eigenvalue weighted by molar-refractivity contribution is -0.137. The van der Waals surface area contributed by atoms with Gasteiger partial charge in [0.15, 0.2) is 5.82 Å². The summed E-state index contributed by atoms with van der Waals surface area (Å²) in [6.45, 7) is 2.75. The molecule has 1 N–H and O–H groups in total. The molecule has 33 heavy (non-hydrogen) atoms. The number of hydrogen-bond donors (Lipinski definition) is 1. The molecule has 1 aliphatic rings. The molecule has 10 heteroatoms. The molecule has 0 saturated carbocycles. The number of likely N-dealkylation sites (tertiary alicyclic amines) is 1. The SMILES string of the molecule is Cc1ccc(-c2ncccn2)c(C(=O)N2CCCCC2CNc2ccc(C(F)(F)F)cn2)n1. The van der Waals surface area contributed by atoms with Crippen molar-refractivity contribution in [1.29, 1.82) is 0 Å². The van der Waals surface area contributed by atoms with E-state index in [1.54, 1.807) is 29.4 Å². The lowest BCUT2D eigenvalue weighted by Gasteiger charge is -2.36. The Morgan fingerprint density at radius 3 is 2.61 bits per heavy atom. The average Bonchev–Trinajstić information content (AvgIpc) is 2.82. The molecule has 1 saturated heterocycles. The number of carbonyl (C=O) groups excluding carboxylic acids is 1. The van der Waals surface area contributed by atoms with Gasteiger partial charge in [0.2, 0.25) is 0 Å². The summed E-state index contributed by atoms with van der Waals surface area (Å²) < 4.78 is 38.3. The highest BCUT2D eigenvalue weighted by Gasteiger charge is 2.32. The van der Waals surface area contributed by atoms with Crippen LogP contribution in [-0.2, 0) is 6.18 Å². The van der Waals surface area contributed by atoms with Gasteiger partial charge in [-0.2, -0.15) is 13.2 Å². The van der Waals surface area contributed by atoms with Gasteiger partial charge in [0.05, 0.1) is 11.1 Å². The number of amides is 1.